The van der Waals surface area contributed by atoms with Crippen LogP contribution in [-0.2, 0) is 13.0 Å². The van der Waals surface area contributed by atoms with Crippen LogP contribution in [0.2, 0.25) is 0 Å². The van der Waals surface area contributed by atoms with Gasteiger partial charge in [-0.25, -0.2) is 0 Å². The highest BCUT2D eigenvalue weighted by molar-refractivity contribution is 7.12. The zero-order valence-electron chi connectivity index (χ0n) is 10.4. The number of anilines is 2. The number of ether oxygens (including phenoxy) is 1. The van der Waals surface area contributed by atoms with E-state index in [0.717, 1.165) is 13.0 Å². The molecule has 0 saturated heterocycles. The van der Waals surface area contributed by atoms with Crippen LogP contribution in [0.25, 0.3) is 0 Å². The monoisotopic (exact) mass is 264 g/mol. The molecule has 0 aromatic carbocycles. The van der Waals surface area contributed by atoms with E-state index in [9.17, 15) is 0 Å². The molecule has 0 unspecified atom stereocenters. The Morgan fingerprint density at radius 2 is 2.11 bits per heavy atom. The summed E-state index contributed by atoms with van der Waals surface area (Å²) in [5.41, 5.74) is 5.59. The lowest BCUT2D eigenvalue weighted by Gasteiger charge is -2.06. The largest absolute Gasteiger partial charge is 0.481 e. The molecule has 2 heterocycles. The number of hydrogen-bond acceptors (Lipinski definition) is 6. The van der Waals surface area contributed by atoms with Crippen LogP contribution in [0.5, 0.6) is 5.88 Å². The van der Waals surface area contributed by atoms with Gasteiger partial charge in [-0.1, -0.05) is 6.92 Å². The van der Waals surface area contributed by atoms with Gasteiger partial charge in [0.2, 0.25) is 11.8 Å². The molecule has 0 amide bonds. The summed E-state index contributed by atoms with van der Waals surface area (Å²) in [5, 5.41) is 3.21. The number of nitrogens with zero attached hydrogens (tertiary/aromatic N) is 2. The molecule has 0 aliphatic carbocycles. The summed E-state index contributed by atoms with van der Waals surface area (Å²) in [6.07, 6.45) is 1.07. The highest BCUT2D eigenvalue weighted by Gasteiger charge is 2.03. The first-order valence-electron chi connectivity index (χ1n) is 5.71. The van der Waals surface area contributed by atoms with E-state index >= 15 is 0 Å². The standard InChI is InChI=1S/C12H16N4OS/c1-3-8-4-5-9(18-8)7-14-10-6-11(17-2)16-12(13)15-10/h4-6H,3,7H2,1-2H3,(H3,13,14,15,16). The molecule has 96 valence electrons. The van der Waals surface area contributed by atoms with Crippen LogP contribution in [-0.4, -0.2) is 17.1 Å². The van der Waals surface area contributed by atoms with E-state index in [2.05, 4.69) is 34.3 Å². The van der Waals surface area contributed by atoms with Crippen molar-refractivity contribution in [3.8, 4) is 5.88 Å². The second-order valence-corrected chi connectivity index (χ2v) is 4.98. The Labute approximate surface area is 110 Å². The SMILES string of the molecule is CCc1ccc(CNc2cc(OC)nc(N)n2)s1. The van der Waals surface area contributed by atoms with Gasteiger partial charge < -0.3 is 15.8 Å². The number of nitrogen functional groups attached to an aromatic ring is 1. The van der Waals surface area contributed by atoms with E-state index in [1.807, 2.05) is 0 Å². The highest BCUT2D eigenvalue weighted by Crippen LogP contribution is 2.19. The van der Waals surface area contributed by atoms with Crippen LogP contribution < -0.4 is 15.8 Å². The molecule has 0 saturated carbocycles. The third kappa shape index (κ3) is 3.10. The van der Waals surface area contributed by atoms with E-state index < -0.39 is 0 Å². The number of aromatic nitrogens is 2. The fourth-order valence-corrected chi connectivity index (χ4v) is 2.42. The van der Waals surface area contributed by atoms with Gasteiger partial charge in [-0.15, -0.1) is 11.3 Å². The molecule has 5 nitrogen and oxygen atoms in total. The van der Waals surface area contributed by atoms with E-state index in [1.165, 1.54) is 9.75 Å². The molecule has 0 aliphatic heterocycles. The minimum atomic E-state index is 0.206. The van der Waals surface area contributed by atoms with Crippen molar-refractivity contribution in [2.24, 2.45) is 0 Å². The van der Waals surface area contributed by atoms with Gasteiger partial charge in [0.05, 0.1) is 13.7 Å². The molecule has 2 aromatic heterocycles. The van der Waals surface area contributed by atoms with Gasteiger partial charge in [0.25, 0.3) is 0 Å². The van der Waals surface area contributed by atoms with Gasteiger partial charge in [-0.2, -0.15) is 9.97 Å². The zero-order valence-corrected chi connectivity index (χ0v) is 11.3. The van der Waals surface area contributed by atoms with Gasteiger partial charge >= 0.3 is 0 Å². The number of aryl methyl sites for hydroxylation is 1. The Bertz CT molecular complexity index is 527. The molecule has 0 fully saturated rings. The van der Waals surface area contributed by atoms with Gasteiger partial charge in [0.1, 0.15) is 5.82 Å². The molecular formula is C12H16N4OS. The zero-order chi connectivity index (χ0) is 13.0. The average molecular weight is 264 g/mol. The number of hydrogen-bond donors (Lipinski definition) is 2. The van der Waals surface area contributed by atoms with E-state index in [-0.39, 0.29) is 5.95 Å². The Morgan fingerprint density at radius 1 is 1.33 bits per heavy atom. The minimum Gasteiger partial charge on any atom is -0.481 e. The van der Waals surface area contributed by atoms with E-state index in [0.29, 0.717) is 11.7 Å². The summed E-state index contributed by atoms with van der Waals surface area (Å²) in [4.78, 5) is 10.7. The topological polar surface area (TPSA) is 73.1 Å². The lowest BCUT2D eigenvalue weighted by molar-refractivity contribution is 0.398. The van der Waals surface area contributed by atoms with Crippen molar-refractivity contribution in [2.75, 3.05) is 18.2 Å². The van der Waals surface area contributed by atoms with Crippen molar-refractivity contribution in [3.63, 3.8) is 0 Å². The van der Waals surface area contributed by atoms with Crippen molar-refractivity contribution < 1.29 is 4.74 Å². The van der Waals surface area contributed by atoms with Crippen molar-refractivity contribution >= 4 is 23.1 Å². The second-order valence-electron chi connectivity index (χ2n) is 3.73. The van der Waals surface area contributed by atoms with E-state index in [1.54, 1.807) is 24.5 Å². The first-order chi connectivity index (χ1) is 8.71. The molecule has 3 N–H and O–H groups in total. The third-order valence-corrected chi connectivity index (χ3v) is 3.67. The summed E-state index contributed by atoms with van der Waals surface area (Å²) in [6.45, 7) is 2.88. The van der Waals surface area contributed by atoms with Crippen LogP contribution in [0, 0.1) is 0 Å². The van der Waals surface area contributed by atoms with Crippen molar-refractivity contribution in [3.05, 3.63) is 28.0 Å². The molecule has 0 atom stereocenters. The predicted molar refractivity (Wildman–Crippen MR) is 74.0 cm³/mol. The maximum Gasteiger partial charge on any atom is 0.225 e. The Balaban J connectivity index is 2.03. The number of nitrogens with two attached hydrogens (primary N) is 1. The molecule has 0 bridgehead atoms. The fraction of sp³-hybridized carbons (Fsp3) is 0.333. The van der Waals surface area contributed by atoms with Gasteiger partial charge in [0, 0.05) is 15.8 Å². The molecular weight excluding hydrogens is 248 g/mol. The maximum atomic E-state index is 5.59. The van der Waals surface area contributed by atoms with Gasteiger partial charge in [-0.3, -0.25) is 0 Å². The fourth-order valence-electron chi connectivity index (χ4n) is 1.52. The van der Waals surface area contributed by atoms with Crippen LogP contribution in [0.4, 0.5) is 11.8 Å². The normalized spacial score (nSPS) is 10.3. The summed E-state index contributed by atoms with van der Waals surface area (Å²) in [7, 11) is 1.55. The second kappa shape index (κ2) is 5.68. The highest BCUT2D eigenvalue weighted by atomic mass is 32.1. The van der Waals surface area contributed by atoms with Gasteiger partial charge in [0.15, 0.2) is 0 Å². The van der Waals surface area contributed by atoms with Crippen LogP contribution in [0.1, 0.15) is 16.7 Å². The van der Waals surface area contributed by atoms with Crippen molar-refractivity contribution in [1.29, 1.82) is 0 Å². The number of thiophene rings is 1. The molecule has 0 radical (unpaired) electrons. The molecule has 0 aliphatic rings. The predicted octanol–water partition coefficient (Wildman–Crippen LogP) is 2.30. The van der Waals surface area contributed by atoms with Crippen LogP contribution in [0.15, 0.2) is 18.2 Å². The molecule has 0 spiro atoms. The maximum absolute atomic E-state index is 5.59. The summed E-state index contributed by atoms with van der Waals surface area (Å²) in [6, 6.07) is 6.00. The van der Waals surface area contributed by atoms with Crippen LogP contribution in [0.3, 0.4) is 0 Å². The average Bonchev–Trinajstić information content (AvgIpc) is 2.83. The quantitative estimate of drug-likeness (QED) is 0.867. The lowest BCUT2D eigenvalue weighted by atomic mass is 10.3. The number of nitrogens with one attached hydrogen (secondary N) is 1. The summed E-state index contributed by atoms with van der Waals surface area (Å²) >= 11 is 1.80. The van der Waals surface area contributed by atoms with Crippen molar-refractivity contribution in [1.82, 2.24) is 9.97 Å². The third-order valence-electron chi connectivity index (χ3n) is 2.44. The minimum absolute atomic E-state index is 0.206. The summed E-state index contributed by atoms with van der Waals surface area (Å²) in [5.74, 6) is 1.34. The Morgan fingerprint density at radius 3 is 2.78 bits per heavy atom. The van der Waals surface area contributed by atoms with E-state index in [4.69, 9.17) is 10.5 Å². The first kappa shape index (κ1) is 12.6. The van der Waals surface area contributed by atoms with Crippen LogP contribution >= 0.6 is 11.3 Å². The molecule has 2 rings (SSSR count). The number of methoxy groups -OCH3 is 1. The van der Waals surface area contributed by atoms with Crippen molar-refractivity contribution in [2.45, 2.75) is 19.9 Å². The molecule has 2 aromatic rings. The lowest BCUT2D eigenvalue weighted by Crippen LogP contribution is -2.04. The first-order valence-corrected chi connectivity index (χ1v) is 6.53. The summed E-state index contributed by atoms with van der Waals surface area (Å²) < 4.78 is 5.04. The Kier molecular flexibility index (Phi) is 3.99. The smallest absolute Gasteiger partial charge is 0.225 e. The number of rotatable bonds is 5. The molecule has 18 heavy (non-hydrogen) atoms. The van der Waals surface area contributed by atoms with Gasteiger partial charge in [-0.05, 0) is 18.6 Å². The Hall–Kier alpha value is -1.82. The molecule has 6 heteroatoms.